The van der Waals surface area contributed by atoms with Gasteiger partial charge in [-0.05, 0) is 22.6 Å². The first-order chi connectivity index (χ1) is 8.22. The monoisotopic (exact) mass is 260 g/mol. The van der Waals surface area contributed by atoms with Crippen molar-refractivity contribution in [3.8, 4) is 0 Å². The predicted molar refractivity (Wildman–Crippen MR) is 80.3 cm³/mol. The Bertz CT molecular complexity index is 480. The van der Waals surface area contributed by atoms with Gasteiger partial charge in [-0.1, -0.05) is 57.3 Å². The first-order valence-corrected chi connectivity index (χ1v) is 9.86. The number of Topliss-reactive ketones (excluding diaryl/α,β-unsaturated/α-hetero) is 1. The quantitative estimate of drug-likeness (QED) is 0.707. The molecule has 0 aromatic heterocycles. The van der Waals surface area contributed by atoms with Gasteiger partial charge in [-0.25, -0.2) is 0 Å². The maximum atomic E-state index is 11.6. The van der Waals surface area contributed by atoms with Gasteiger partial charge in [-0.2, -0.15) is 0 Å². The minimum atomic E-state index is -1.47. The summed E-state index contributed by atoms with van der Waals surface area (Å²) in [6, 6.07) is 6.90. The number of hydrogen-bond acceptors (Lipinski definition) is 1. The average Bonchev–Trinajstić information content (AvgIpc) is 2.26. The van der Waals surface area contributed by atoms with E-state index in [1.54, 1.807) is 0 Å². The normalized spacial score (nSPS) is 16.6. The second-order valence-corrected chi connectivity index (χ2v) is 12.4. The second-order valence-electron chi connectivity index (χ2n) is 7.07. The molecule has 1 aromatic carbocycles. The van der Waals surface area contributed by atoms with E-state index < -0.39 is 8.07 Å². The standard InChI is InChI=1S/C16H24OSi/c1-16(2,3)18(4,5)15-9-7-12-6-8-14(17)10-13(12)11-15/h7,9,11H,6,8,10H2,1-5H3. The van der Waals surface area contributed by atoms with Gasteiger partial charge in [0.15, 0.2) is 0 Å². The van der Waals surface area contributed by atoms with Crippen LogP contribution >= 0.6 is 0 Å². The highest BCUT2D eigenvalue weighted by molar-refractivity contribution is 6.92. The molecule has 0 heterocycles. The molecule has 0 radical (unpaired) electrons. The smallest absolute Gasteiger partial charge is 0.137 e. The van der Waals surface area contributed by atoms with E-state index in [0.717, 1.165) is 12.8 Å². The molecule has 1 aliphatic carbocycles. The largest absolute Gasteiger partial charge is 0.299 e. The number of ketones is 1. The van der Waals surface area contributed by atoms with Crippen molar-refractivity contribution in [2.75, 3.05) is 0 Å². The van der Waals surface area contributed by atoms with Crippen molar-refractivity contribution in [3.05, 3.63) is 29.3 Å². The van der Waals surface area contributed by atoms with Crippen LogP contribution in [0.1, 0.15) is 38.3 Å². The summed E-state index contributed by atoms with van der Waals surface area (Å²) in [7, 11) is -1.47. The topological polar surface area (TPSA) is 17.1 Å². The Labute approximate surface area is 112 Å². The van der Waals surface area contributed by atoms with E-state index >= 15 is 0 Å². The lowest BCUT2D eigenvalue weighted by Gasteiger charge is -2.38. The third-order valence-electron chi connectivity index (χ3n) is 4.86. The maximum absolute atomic E-state index is 11.6. The van der Waals surface area contributed by atoms with E-state index in [4.69, 9.17) is 0 Å². The molecule has 2 heteroatoms. The summed E-state index contributed by atoms with van der Waals surface area (Å²) in [5, 5.41) is 1.84. The first kappa shape index (κ1) is 13.5. The molecule has 2 rings (SSSR count). The Balaban J connectivity index is 2.43. The number of hydrogen-bond donors (Lipinski definition) is 0. The van der Waals surface area contributed by atoms with Gasteiger partial charge in [0.2, 0.25) is 0 Å². The third kappa shape index (κ3) is 2.31. The van der Waals surface area contributed by atoms with E-state index in [1.165, 1.54) is 16.3 Å². The van der Waals surface area contributed by atoms with Crippen LogP contribution in [0.3, 0.4) is 0 Å². The average molecular weight is 260 g/mol. The molecule has 1 aliphatic rings. The predicted octanol–water partition coefficient (Wildman–Crippen LogP) is 3.46. The molecule has 0 aliphatic heterocycles. The van der Waals surface area contributed by atoms with Crippen LogP contribution in [0.2, 0.25) is 18.1 Å². The van der Waals surface area contributed by atoms with Crippen LogP contribution in [0.15, 0.2) is 18.2 Å². The lowest BCUT2D eigenvalue weighted by Crippen LogP contribution is -2.49. The number of carbonyl (C=O) groups excluding carboxylic acids is 1. The molecule has 0 saturated heterocycles. The number of fused-ring (bicyclic) bond motifs is 1. The molecule has 0 unspecified atom stereocenters. The SMILES string of the molecule is CC(C)(C)[Si](C)(C)c1ccc2c(c1)CC(=O)CC2. The molecule has 18 heavy (non-hydrogen) atoms. The van der Waals surface area contributed by atoms with E-state index in [2.05, 4.69) is 52.1 Å². The fraction of sp³-hybridized carbons (Fsp3) is 0.562. The van der Waals surface area contributed by atoms with Crippen LogP contribution in [0.25, 0.3) is 0 Å². The fourth-order valence-corrected chi connectivity index (χ4v) is 4.33. The Hall–Kier alpha value is -0.893. The van der Waals surface area contributed by atoms with Gasteiger partial charge in [0.05, 0.1) is 8.07 Å². The van der Waals surface area contributed by atoms with Crippen LogP contribution < -0.4 is 5.19 Å². The van der Waals surface area contributed by atoms with Gasteiger partial charge < -0.3 is 0 Å². The lowest BCUT2D eigenvalue weighted by atomic mass is 9.91. The summed E-state index contributed by atoms with van der Waals surface area (Å²) in [5.41, 5.74) is 2.67. The molecule has 0 fully saturated rings. The Morgan fingerprint density at radius 1 is 1.06 bits per heavy atom. The van der Waals surface area contributed by atoms with Crippen molar-refractivity contribution in [1.29, 1.82) is 0 Å². The van der Waals surface area contributed by atoms with Crippen LogP contribution in [0.5, 0.6) is 0 Å². The fourth-order valence-electron chi connectivity index (χ4n) is 2.43. The van der Waals surface area contributed by atoms with E-state index in [1.807, 2.05) is 0 Å². The molecule has 1 nitrogen and oxygen atoms in total. The van der Waals surface area contributed by atoms with Gasteiger partial charge in [0, 0.05) is 12.8 Å². The second kappa shape index (κ2) is 4.34. The molecule has 0 bridgehead atoms. The highest BCUT2D eigenvalue weighted by Gasteiger charge is 2.37. The van der Waals surface area contributed by atoms with E-state index in [9.17, 15) is 4.79 Å². The van der Waals surface area contributed by atoms with Crippen molar-refractivity contribution in [3.63, 3.8) is 0 Å². The molecule has 98 valence electrons. The lowest BCUT2D eigenvalue weighted by molar-refractivity contribution is -0.118. The highest BCUT2D eigenvalue weighted by Crippen LogP contribution is 2.36. The minimum absolute atomic E-state index is 0.347. The third-order valence-corrected chi connectivity index (χ3v) is 10.4. The van der Waals surface area contributed by atoms with Crippen LogP contribution in [0, 0.1) is 0 Å². The zero-order valence-corrected chi connectivity index (χ0v) is 13.3. The molecule has 0 saturated carbocycles. The number of benzene rings is 1. The van der Waals surface area contributed by atoms with Crippen LogP contribution in [-0.4, -0.2) is 13.9 Å². The molecular weight excluding hydrogens is 236 g/mol. The zero-order valence-electron chi connectivity index (χ0n) is 12.3. The minimum Gasteiger partial charge on any atom is -0.299 e. The number of carbonyl (C=O) groups is 1. The zero-order chi connectivity index (χ0) is 13.6. The van der Waals surface area contributed by atoms with Gasteiger partial charge >= 0.3 is 0 Å². The highest BCUT2D eigenvalue weighted by atomic mass is 28.3. The van der Waals surface area contributed by atoms with Gasteiger partial charge in [0.1, 0.15) is 5.78 Å². The van der Waals surface area contributed by atoms with Crippen molar-refractivity contribution < 1.29 is 4.79 Å². The van der Waals surface area contributed by atoms with Crippen molar-refractivity contribution in [1.82, 2.24) is 0 Å². The summed E-state index contributed by atoms with van der Waals surface area (Å²) in [5.74, 6) is 0.398. The Morgan fingerprint density at radius 2 is 1.72 bits per heavy atom. The van der Waals surface area contributed by atoms with E-state index in [-0.39, 0.29) is 0 Å². The van der Waals surface area contributed by atoms with Crippen molar-refractivity contribution in [2.24, 2.45) is 0 Å². The molecular formula is C16H24OSi. The summed E-state index contributed by atoms with van der Waals surface area (Å²) in [6.07, 6.45) is 2.32. The molecule has 1 aromatic rings. The van der Waals surface area contributed by atoms with Crippen molar-refractivity contribution in [2.45, 2.75) is 58.2 Å². The summed E-state index contributed by atoms with van der Waals surface area (Å²) in [4.78, 5) is 11.6. The molecule has 0 atom stereocenters. The summed E-state index contributed by atoms with van der Waals surface area (Å²) in [6.45, 7) is 11.9. The summed E-state index contributed by atoms with van der Waals surface area (Å²) >= 11 is 0. The van der Waals surface area contributed by atoms with Gasteiger partial charge in [0.25, 0.3) is 0 Å². The van der Waals surface area contributed by atoms with Gasteiger partial charge in [-0.3, -0.25) is 4.79 Å². The number of aryl methyl sites for hydroxylation is 1. The first-order valence-electron chi connectivity index (χ1n) is 6.86. The summed E-state index contributed by atoms with van der Waals surface area (Å²) < 4.78 is 0. The van der Waals surface area contributed by atoms with Gasteiger partial charge in [-0.15, -0.1) is 0 Å². The number of rotatable bonds is 1. The maximum Gasteiger partial charge on any atom is 0.137 e. The molecule has 0 N–H and O–H groups in total. The molecule has 0 spiro atoms. The van der Waals surface area contributed by atoms with Crippen molar-refractivity contribution >= 4 is 19.0 Å². The van der Waals surface area contributed by atoms with Crippen LogP contribution in [-0.2, 0) is 17.6 Å². The Morgan fingerprint density at radius 3 is 2.33 bits per heavy atom. The Kier molecular flexibility index (Phi) is 3.26. The van der Waals surface area contributed by atoms with E-state index in [0.29, 0.717) is 17.2 Å². The molecule has 0 amide bonds. The van der Waals surface area contributed by atoms with Crippen LogP contribution in [0.4, 0.5) is 0 Å².